The van der Waals surface area contributed by atoms with E-state index in [-0.39, 0.29) is 34.8 Å². The number of nitrogens with zero attached hydrogens (tertiary/aromatic N) is 2. The summed E-state index contributed by atoms with van der Waals surface area (Å²) in [6.45, 7) is 7.12. The van der Waals surface area contributed by atoms with Crippen LogP contribution in [-0.2, 0) is 15.1 Å². The summed E-state index contributed by atoms with van der Waals surface area (Å²) in [5.41, 5.74) is 1.00. The van der Waals surface area contributed by atoms with E-state index in [9.17, 15) is 9.59 Å². The van der Waals surface area contributed by atoms with E-state index < -0.39 is 5.54 Å². The van der Waals surface area contributed by atoms with Crippen molar-refractivity contribution in [1.82, 2.24) is 4.90 Å². The Labute approximate surface area is 219 Å². The number of rotatable bonds is 7. The quantitative estimate of drug-likeness (QED) is 0.303. The van der Waals surface area contributed by atoms with Gasteiger partial charge in [-0.25, -0.2) is 4.79 Å². The summed E-state index contributed by atoms with van der Waals surface area (Å²) in [6.07, 6.45) is 5.37. The molecule has 6 rings (SSSR count). The third-order valence-electron chi connectivity index (χ3n) is 8.60. The lowest BCUT2D eigenvalue weighted by molar-refractivity contribution is -0.938. The zero-order chi connectivity index (χ0) is 23.6. The number of carbonyl (C=O) groups is 2. The fourth-order valence-electron chi connectivity index (χ4n) is 6.38. The van der Waals surface area contributed by atoms with E-state index in [4.69, 9.17) is 4.74 Å². The molecule has 4 aliphatic heterocycles. The van der Waals surface area contributed by atoms with Gasteiger partial charge in [0.15, 0.2) is 6.10 Å². The van der Waals surface area contributed by atoms with E-state index in [1.165, 1.54) is 6.42 Å². The molecule has 0 N–H and O–H groups in total. The molecule has 4 aliphatic rings. The van der Waals surface area contributed by atoms with Crippen molar-refractivity contribution in [2.75, 3.05) is 39.3 Å². The van der Waals surface area contributed by atoms with Crippen LogP contribution in [-0.4, -0.2) is 66.5 Å². The number of fused-ring (bicyclic) bond motifs is 3. The highest BCUT2D eigenvalue weighted by Gasteiger charge is 2.51. The first-order valence-electron chi connectivity index (χ1n) is 13.0. The van der Waals surface area contributed by atoms with Crippen molar-refractivity contribution in [3.05, 3.63) is 71.8 Å². The minimum atomic E-state index is -0.779. The average Bonchev–Trinajstić information content (AvgIpc) is 2.90. The Bertz CT molecular complexity index is 1000. The lowest BCUT2D eigenvalue weighted by Gasteiger charge is -2.52. The van der Waals surface area contributed by atoms with Crippen LogP contribution in [0.25, 0.3) is 0 Å². The van der Waals surface area contributed by atoms with Crippen molar-refractivity contribution >= 4 is 11.8 Å². The lowest BCUT2D eigenvalue weighted by Crippen LogP contribution is -3.00. The summed E-state index contributed by atoms with van der Waals surface area (Å²) < 4.78 is 7.15. The van der Waals surface area contributed by atoms with Crippen LogP contribution in [0.5, 0.6) is 0 Å². The minimum Gasteiger partial charge on any atom is -1.00 e. The molecule has 0 amide bonds. The standard InChI is InChI=1S/C29H37N2O3.BrH/c1-29(25-13-7-3-8-14-25,30-17-9-4-10-18-30)28(33)34-27-22-31(19-15-24(27)16-20-31)21-26(32)23-11-5-2-6-12-23;/h2-3,5-8,11-14,24,27H,4,9-10,15-22H2,1H3;1H/q+1;/p-1/t24?,27-,29-,31?;/m0./s1. The number of carbonyl (C=O) groups excluding carboxylic acids is 2. The molecule has 2 bridgehead atoms. The Kier molecular flexibility index (Phi) is 8.14. The van der Waals surface area contributed by atoms with E-state index in [0.717, 1.165) is 74.0 Å². The van der Waals surface area contributed by atoms with Crippen LogP contribution in [0.15, 0.2) is 60.7 Å². The molecule has 188 valence electrons. The zero-order valence-corrected chi connectivity index (χ0v) is 22.3. The van der Waals surface area contributed by atoms with Crippen LogP contribution in [0.2, 0.25) is 0 Å². The number of halogens is 1. The van der Waals surface area contributed by atoms with Gasteiger partial charge in [-0.2, -0.15) is 0 Å². The van der Waals surface area contributed by atoms with Gasteiger partial charge in [-0.3, -0.25) is 9.69 Å². The van der Waals surface area contributed by atoms with Crippen LogP contribution in [0, 0.1) is 5.92 Å². The maximum Gasteiger partial charge on any atom is 0.331 e. The van der Waals surface area contributed by atoms with Crippen LogP contribution in [0.4, 0.5) is 0 Å². The summed E-state index contributed by atoms with van der Waals surface area (Å²) in [7, 11) is 0. The van der Waals surface area contributed by atoms with Gasteiger partial charge in [0.2, 0.25) is 5.78 Å². The molecule has 0 spiro atoms. The van der Waals surface area contributed by atoms with Gasteiger partial charge in [0.25, 0.3) is 0 Å². The molecule has 6 heteroatoms. The molecular weight excluding hydrogens is 504 g/mol. The van der Waals surface area contributed by atoms with Crippen molar-refractivity contribution in [2.24, 2.45) is 5.92 Å². The maximum absolute atomic E-state index is 13.9. The van der Waals surface area contributed by atoms with Crippen molar-refractivity contribution < 1.29 is 35.8 Å². The number of hydrogen-bond donors (Lipinski definition) is 0. The summed E-state index contributed by atoms with van der Waals surface area (Å²) in [5, 5.41) is 0. The smallest absolute Gasteiger partial charge is 0.331 e. The molecule has 0 aliphatic carbocycles. The highest BCUT2D eigenvalue weighted by atomic mass is 79.9. The number of Topliss-reactive ketones (excluding diaryl/α,β-unsaturated/α-hetero) is 1. The molecule has 2 atom stereocenters. The lowest BCUT2D eigenvalue weighted by atomic mass is 9.82. The second-order valence-corrected chi connectivity index (χ2v) is 10.7. The van der Waals surface area contributed by atoms with Gasteiger partial charge in [-0.05, 0) is 38.4 Å². The highest BCUT2D eigenvalue weighted by Crippen LogP contribution is 2.39. The molecule has 0 saturated carbocycles. The topological polar surface area (TPSA) is 46.6 Å². The first-order valence-corrected chi connectivity index (χ1v) is 13.0. The Morgan fingerprint density at radius 3 is 2.17 bits per heavy atom. The van der Waals surface area contributed by atoms with E-state index in [2.05, 4.69) is 17.0 Å². The van der Waals surface area contributed by atoms with Gasteiger partial charge in [0, 0.05) is 24.3 Å². The van der Waals surface area contributed by atoms with E-state index >= 15 is 0 Å². The predicted octanol–water partition coefficient (Wildman–Crippen LogP) is 1.43. The van der Waals surface area contributed by atoms with Crippen LogP contribution in [0.1, 0.15) is 54.9 Å². The molecule has 0 aromatic heterocycles. The minimum absolute atomic E-state index is 0. The summed E-state index contributed by atoms with van der Waals surface area (Å²) in [4.78, 5) is 29.3. The van der Waals surface area contributed by atoms with E-state index in [1.54, 1.807) is 0 Å². The van der Waals surface area contributed by atoms with Crippen molar-refractivity contribution in [3.63, 3.8) is 0 Å². The van der Waals surface area contributed by atoms with Gasteiger partial charge in [0.1, 0.15) is 18.6 Å². The van der Waals surface area contributed by atoms with Crippen LogP contribution in [0.3, 0.4) is 0 Å². The monoisotopic (exact) mass is 540 g/mol. The van der Waals surface area contributed by atoms with Gasteiger partial charge in [0.05, 0.1) is 13.1 Å². The first kappa shape index (κ1) is 26.1. The number of benzene rings is 2. The van der Waals surface area contributed by atoms with Crippen molar-refractivity contribution in [2.45, 2.75) is 50.7 Å². The van der Waals surface area contributed by atoms with Gasteiger partial charge in [-0.15, -0.1) is 0 Å². The Balaban J connectivity index is 0.00000289. The second-order valence-electron chi connectivity index (χ2n) is 10.7. The number of quaternary nitrogens is 1. The molecule has 2 aromatic rings. The van der Waals surface area contributed by atoms with Crippen LogP contribution >= 0.6 is 0 Å². The third-order valence-corrected chi connectivity index (χ3v) is 8.60. The molecule has 4 saturated heterocycles. The fraction of sp³-hybridized carbons (Fsp3) is 0.517. The summed E-state index contributed by atoms with van der Waals surface area (Å²) in [5.74, 6) is 0.456. The molecule has 0 unspecified atom stereocenters. The second kappa shape index (κ2) is 10.9. The molecule has 5 nitrogen and oxygen atoms in total. The number of ketones is 1. The van der Waals surface area contributed by atoms with Crippen molar-refractivity contribution in [1.29, 1.82) is 0 Å². The van der Waals surface area contributed by atoms with Gasteiger partial charge >= 0.3 is 5.97 Å². The van der Waals surface area contributed by atoms with Gasteiger partial charge in [-0.1, -0.05) is 67.1 Å². The molecule has 0 radical (unpaired) electrons. The van der Waals surface area contributed by atoms with Crippen LogP contribution < -0.4 is 17.0 Å². The Morgan fingerprint density at radius 1 is 0.943 bits per heavy atom. The maximum atomic E-state index is 13.9. The number of hydrogen-bond acceptors (Lipinski definition) is 4. The number of esters is 1. The van der Waals surface area contributed by atoms with E-state index in [1.807, 2.05) is 55.5 Å². The average molecular weight is 542 g/mol. The molecule has 4 heterocycles. The molecule has 35 heavy (non-hydrogen) atoms. The third kappa shape index (κ3) is 5.25. The largest absolute Gasteiger partial charge is 1.00 e. The molecular formula is C29H37BrN2O3. The molecule has 4 fully saturated rings. The predicted molar refractivity (Wildman–Crippen MR) is 132 cm³/mol. The molecule has 2 aromatic carbocycles. The SMILES string of the molecule is C[C@@](C(=O)O[C@H]1C[N+]2(CC(=O)c3ccccc3)CCC1CC2)(c1ccccc1)N1CCCCC1.[Br-]. The fourth-order valence-corrected chi connectivity index (χ4v) is 6.38. The number of ether oxygens (including phenoxy) is 1. The normalized spacial score (nSPS) is 27.9. The number of likely N-dealkylation sites (tertiary alicyclic amines) is 1. The number of piperidine rings is 4. The Hall–Kier alpha value is -2.02. The first-order chi connectivity index (χ1) is 16.5. The van der Waals surface area contributed by atoms with E-state index in [0.29, 0.717) is 12.5 Å². The summed E-state index contributed by atoms with van der Waals surface area (Å²) >= 11 is 0. The highest BCUT2D eigenvalue weighted by molar-refractivity contribution is 5.97. The Morgan fingerprint density at radius 2 is 1.54 bits per heavy atom. The summed E-state index contributed by atoms with van der Waals surface area (Å²) in [6, 6.07) is 19.7. The zero-order valence-electron chi connectivity index (χ0n) is 20.7. The van der Waals surface area contributed by atoms with Gasteiger partial charge < -0.3 is 26.2 Å². The van der Waals surface area contributed by atoms with Crippen molar-refractivity contribution in [3.8, 4) is 0 Å².